The molecule has 231 valence electrons. The Balaban J connectivity index is 0.00000417. The fraction of sp³-hybridized carbons (Fsp3) is 0.306. The number of nitrogens with zero attached hydrogens (tertiary/aromatic N) is 3. The molecule has 0 spiro atoms. The van der Waals surface area contributed by atoms with Crippen LogP contribution in [0.5, 0.6) is 5.75 Å². The molecule has 0 bridgehead atoms. The summed E-state index contributed by atoms with van der Waals surface area (Å²) in [5.74, 6) is 1.45. The van der Waals surface area contributed by atoms with E-state index in [4.69, 9.17) is 14.2 Å². The summed E-state index contributed by atoms with van der Waals surface area (Å²) in [6.07, 6.45) is 4.05. The molecule has 1 aliphatic carbocycles. The van der Waals surface area contributed by atoms with E-state index in [2.05, 4.69) is 17.1 Å². The van der Waals surface area contributed by atoms with Gasteiger partial charge in [-0.3, -0.25) is 23.7 Å². The van der Waals surface area contributed by atoms with Gasteiger partial charge in [0.25, 0.3) is 5.56 Å². The van der Waals surface area contributed by atoms with E-state index in [1.165, 1.54) is 0 Å². The summed E-state index contributed by atoms with van der Waals surface area (Å²) in [6, 6.07) is 23.2. The van der Waals surface area contributed by atoms with Crippen LogP contribution in [0.2, 0.25) is 0 Å². The van der Waals surface area contributed by atoms with Crippen molar-refractivity contribution in [3.63, 3.8) is 0 Å². The van der Waals surface area contributed by atoms with Crippen molar-refractivity contribution in [3.05, 3.63) is 116 Å². The van der Waals surface area contributed by atoms with Gasteiger partial charge in [0, 0.05) is 81.3 Å². The van der Waals surface area contributed by atoms with Crippen LogP contribution in [0.25, 0.3) is 28.2 Å². The summed E-state index contributed by atoms with van der Waals surface area (Å²) in [5, 5.41) is 3.85. The van der Waals surface area contributed by atoms with Gasteiger partial charge in [-0.2, -0.15) is 0 Å². The molecular formula is C36H36KN4O5. The molecular weight excluding hydrogens is 608 g/mol. The number of hydrogen-bond donors (Lipinski definition) is 1. The third kappa shape index (κ3) is 7.42. The van der Waals surface area contributed by atoms with Gasteiger partial charge < -0.3 is 4.74 Å². The van der Waals surface area contributed by atoms with E-state index in [1.54, 1.807) is 4.57 Å². The number of benzene rings is 3. The first kappa shape index (κ1) is 33.9. The average molecular weight is 644 g/mol. The summed E-state index contributed by atoms with van der Waals surface area (Å²) >= 11 is 0. The number of nitrogens with one attached hydrogen (secondary N) is 1. The van der Waals surface area contributed by atoms with Gasteiger partial charge in [-0.15, -0.1) is 0 Å². The molecule has 0 aliphatic heterocycles. The molecule has 0 amide bonds. The zero-order valence-corrected chi connectivity index (χ0v) is 29.8. The molecule has 2 unspecified atom stereocenters. The molecule has 1 aliphatic rings. The number of H-pyrrole nitrogens is 1. The predicted molar refractivity (Wildman–Crippen MR) is 178 cm³/mol. The quantitative estimate of drug-likeness (QED) is 0.200. The number of ketones is 1. The van der Waals surface area contributed by atoms with Crippen LogP contribution in [-0.2, 0) is 17.6 Å². The Hall–Kier alpha value is -3.41. The molecule has 3 aromatic carbocycles. The fourth-order valence-corrected chi connectivity index (χ4v) is 6.10. The van der Waals surface area contributed by atoms with Crippen LogP contribution in [0.3, 0.4) is 0 Å². The third-order valence-corrected chi connectivity index (χ3v) is 8.46. The van der Waals surface area contributed by atoms with Crippen LogP contribution in [0, 0.1) is 12.8 Å². The molecule has 9 nitrogen and oxygen atoms in total. The summed E-state index contributed by atoms with van der Waals surface area (Å²) in [6.45, 7) is 5.91. The van der Waals surface area contributed by atoms with Crippen LogP contribution in [0.1, 0.15) is 62.2 Å². The minimum atomic E-state index is -0.604. The Bertz CT molecular complexity index is 1940. The second kappa shape index (κ2) is 15.0. The van der Waals surface area contributed by atoms with Crippen molar-refractivity contribution >= 4 is 57.2 Å². The van der Waals surface area contributed by atoms with Crippen LogP contribution < -0.4 is 16.1 Å². The van der Waals surface area contributed by atoms with Gasteiger partial charge in [-0.05, 0) is 67.1 Å². The first-order chi connectivity index (χ1) is 21.8. The second-order valence-corrected chi connectivity index (χ2v) is 11.7. The molecule has 1 fully saturated rings. The molecule has 1 N–H and O–H groups in total. The SMILES string of the molecule is CCCc1nc(C)n(-c2ccc(OC3CCC(=O)C(C)C3)cc2)c(=O)c1Cc1ccc(-c2ccccc2-c2noc(=O)[nH]2)cc1.[K]. The molecule has 2 heterocycles. The van der Waals surface area contributed by atoms with Gasteiger partial charge in [-0.1, -0.05) is 74.0 Å². The maximum absolute atomic E-state index is 14.1. The normalized spacial score (nSPS) is 16.2. The zero-order valence-electron chi connectivity index (χ0n) is 26.7. The van der Waals surface area contributed by atoms with Crippen LogP contribution >= 0.6 is 0 Å². The summed E-state index contributed by atoms with van der Waals surface area (Å²) in [7, 11) is 0. The van der Waals surface area contributed by atoms with E-state index >= 15 is 0 Å². The molecule has 46 heavy (non-hydrogen) atoms. The van der Waals surface area contributed by atoms with E-state index < -0.39 is 5.76 Å². The number of carbonyl (C=O) groups excluding carboxylic acids is 1. The number of Topliss-reactive ketones (excluding diaryl/α,β-unsaturated/α-hetero) is 1. The van der Waals surface area contributed by atoms with Crippen LogP contribution in [0.4, 0.5) is 0 Å². The molecule has 2 aromatic heterocycles. The number of hydrogen-bond acceptors (Lipinski definition) is 7. The van der Waals surface area contributed by atoms with Gasteiger partial charge in [-0.25, -0.2) is 9.78 Å². The monoisotopic (exact) mass is 643 g/mol. The summed E-state index contributed by atoms with van der Waals surface area (Å²) < 4.78 is 12.6. The Morgan fingerprint density at radius 1 is 0.978 bits per heavy atom. The Morgan fingerprint density at radius 3 is 2.35 bits per heavy atom. The summed E-state index contributed by atoms with van der Waals surface area (Å²) in [4.78, 5) is 45.0. The minimum Gasteiger partial charge on any atom is -0.490 e. The van der Waals surface area contributed by atoms with Crippen LogP contribution in [-0.4, -0.2) is 83.0 Å². The van der Waals surface area contributed by atoms with Crippen molar-refractivity contribution in [1.29, 1.82) is 0 Å². The summed E-state index contributed by atoms with van der Waals surface area (Å²) in [5.41, 5.74) is 5.74. The van der Waals surface area contributed by atoms with Crippen molar-refractivity contribution in [2.45, 2.75) is 65.4 Å². The van der Waals surface area contributed by atoms with Crippen molar-refractivity contribution in [3.8, 4) is 34.0 Å². The molecule has 1 radical (unpaired) electrons. The van der Waals surface area contributed by atoms with Crippen molar-refractivity contribution < 1.29 is 14.1 Å². The second-order valence-electron chi connectivity index (χ2n) is 11.7. The van der Waals surface area contributed by atoms with Crippen molar-refractivity contribution in [1.82, 2.24) is 19.7 Å². The van der Waals surface area contributed by atoms with E-state index in [0.29, 0.717) is 42.3 Å². The molecule has 0 saturated heterocycles. The number of aryl methyl sites for hydroxylation is 2. The van der Waals surface area contributed by atoms with Crippen LogP contribution in [0.15, 0.2) is 86.9 Å². The Kier molecular flexibility index (Phi) is 11.1. The third-order valence-electron chi connectivity index (χ3n) is 8.46. The van der Waals surface area contributed by atoms with E-state index in [1.807, 2.05) is 86.6 Å². The van der Waals surface area contributed by atoms with Gasteiger partial charge in [0.05, 0.1) is 17.5 Å². The van der Waals surface area contributed by atoms with Gasteiger partial charge in [0.1, 0.15) is 17.4 Å². The van der Waals surface area contributed by atoms with Crippen molar-refractivity contribution in [2.75, 3.05) is 0 Å². The standard InChI is InChI=1S/C36H36N4O5.K/c1-4-7-32-31(21-24-10-12-25(13-11-24)29-8-5-6-9-30(29)34-38-36(43)45-39-34)35(42)40(23(3)37-32)26-14-16-27(17-15-26)44-28-18-19-33(41)22(2)20-28;/h5-6,8-17,22,28H,4,7,18-21H2,1-3H3,(H,38,39,43);. The maximum atomic E-state index is 14.1. The molecule has 10 heteroatoms. The number of aromatic nitrogens is 4. The van der Waals surface area contributed by atoms with E-state index in [9.17, 15) is 14.4 Å². The van der Waals surface area contributed by atoms with Gasteiger partial charge in [0.2, 0.25) is 0 Å². The topological polar surface area (TPSA) is 120 Å². The smallest absolute Gasteiger partial charge is 0.439 e. The number of carbonyl (C=O) groups is 1. The Labute approximate surface area is 309 Å². The average Bonchev–Trinajstić information content (AvgIpc) is 3.48. The number of rotatable bonds is 9. The minimum absolute atomic E-state index is 0. The molecule has 6 rings (SSSR count). The number of aromatic amines is 1. The fourth-order valence-electron chi connectivity index (χ4n) is 6.10. The zero-order chi connectivity index (χ0) is 31.5. The van der Waals surface area contributed by atoms with E-state index in [0.717, 1.165) is 58.6 Å². The van der Waals surface area contributed by atoms with Gasteiger partial charge in [0.15, 0.2) is 5.82 Å². The van der Waals surface area contributed by atoms with Gasteiger partial charge >= 0.3 is 5.76 Å². The van der Waals surface area contributed by atoms with E-state index in [-0.39, 0.29) is 69.0 Å². The molecule has 1 saturated carbocycles. The van der Waals surface area contributed by atoms with Crippen molar-refractivity contribution in [2.24, 2.45) is 5.92 Å². The molecule has 5 aromatic rings. The first-order valence-corrected chi connectivity index (χ1v) is 15.5. The predicted octanol–water partition coefficient (Wildman–Crippen LogP) is 5.85. The molecule has 2 atom stereocenters. The first-order valence-electron chi connectivity index (χ1n) is 15.5. The Morgan fingerprint density at radius 2 is 1.70 bits per heavy atom. The maximum Gasteiger partial charge on any atom is 0.439 e. The number of ether oxygens (including phenoxy) is 1. The largest absolute Gasteiger partial charge is 0.490 e.